The second-order valence-electron chi connectivity index (χ2n) is 5.49. The highest BCUT2D eigenvalue weighted by atomic mass is 16.5. The summed E-state index contributed by atoms with van der Waals surface area (Å²) in [6.45, 7) is 3.50. The molecule has 1 amide bonds. The topological polar surface area (TPSA) is 65.0 Å². The third kappa shape index (κ3) is 3.86. The van der Waals surface area contributed by atoms with Crippen LogP contribution >= 0.6 is 0 Å². The number of piperazine rings is 1. The predicted molar refractivity (Wildman–Crippen MR) is 80.9 cm³/mol. The minimum atomic E-state index is -0.284. The first kappa shape index (κ1) is 15.6. The molecule has 0 saturated carbocycles. The number of methoxy groups -OCH3 is 1. The zero-order valence-electron chi connectivity index (χ0n) is 12.8. The van der Waals surface area contributed by atoms with Crippen LogP contribution in [0.3, 0.4) is 0 Å². The smallest absolute Gasteiger partial charge is 0.255 e. The third-order valence-electron chi connectivity index (χ3n) is 3.93. The van der Waals surface area contributed by atoms with Crippen molar-refractivity contribution in [3.8, 4) is 11.5 Å². The number of hydrogen-bond acceptors (Lipinski definition) is 5. The van der Waals surface area contributed by atoms with Gasteiger partial charge in [-0.2, -0.15) is 0 Å². The van der Waals surface area contributed by atoms with Crippen molar-refractivity contribution in [2.75, 3.05) is 47.4 Å². The Labute approximate surface area is 125 Å². The molecule has 1 aromatic rings. The van der Waals surface area contributed by atoms with Crippen molar-refractivity contribution in [2.45, 2.75) is 6.04 Å². The summed E-state index contributed by atoms with van der Waals surface area (Å²) in [7, 11) is 5.67. The Morgan fingerprint density at radius 3 is 2.90 bits per heavy atom. The number of likely N-dealkylation sites (N-methyl/N-ethyl adjacent to an activating group) is 2. The van der Waals surface area contributed by atoms with Gasteiger partial charge in [-0.25, -0.2) is 0 Å². The summed E-state index contributed by atoms with van der Waals surface area (Å²) >= 11 is 0. The van der Waals surface area contributed by atoms with Crippen LogP contribution in [0.5, 0.6) is 11.5 Å². The maximum absolute atomic E-state index is 12.2. The molecule has 2 N–H and O–H groups in total. The lowest BCUT2D eigenvalue weighted by Crippen LogP contribution is -2.54. The van der Waals surface area contributed by atoms with Gasteiger partial charge in [0.05, 0.1) is 12.7 Å². The number of nitrogens with zero attached hydrogens (tertiary/aromatic N) is 2. The lowest BCUT2D eigenvalue weighted by molar-refractivity contribution is 0.0878. The van der Waals surface area contributed by atoms with Gasteiger partial charge in [0.15, 0.2) is 0 Å². The summed E-state index contributed by atoms with van der Waals surface area (Å²) in [5, 5.41) is 12.7. The van der Waals surface area contributed by atoms with Gasteiger partial charge >= 0.3 is 0 Å². The van der Waals surface area contributed by atoms with Gasteiger partial charge in [-0.05, 0) is 32.3 Å². The minimum Gasteiger partial charge on any atom is -0.507 e. The summed E-state index contributed by atoms with van der Waals surface area (Å²) in [6.07, 6.45) is 0. The van der Waals surface area contributed by atoms with E-state index in [9.17, 15) is 9.90 Å². The van der Waals surface area contributed by atoms with Crippen LogP contribution in [0.25, 0.3) is 0 Å². The highest BCUT2D eigenvalue weighted by molar-refractivity contribution is 5.97. The van der Waals surface area contributed by atoms with Gasteiger partial charge in [-0.3, -0.25) is 9.69 Å². The number of ether oxygens (including phenoxy) is 1. The maximum Gasteiger partial charge on any atom is 0.255 e. The Morgan fingerprint density at radius 2 is 2.19 bits per heavy atom. The quantitative estimate of drug-likeness (QED) is 0.840. The molecule has 21 heavy (non-hydrogen) atoms. The van der Waals surface area contributed by atoms with Gasteiger partial charge in [0.2, 0.25) is 0 Å². The molecule has 1 heterocycles. The summed E-state index contributed by atoms with van der Waals surface area (Å²) < 4.78 is 5.08. The van der Waals surface area contributed by atoms with Crippen molar-refractivity contribution in [1.29, 1.82) is 0 Å². The molecule has 0 bridgehead atoms. The van der Waals surface area contributed by atoms with E-state index in [1.807, 2.05) is 0 Å². The normalized spacial score (nSPS) is 20.2. The first-order valence-electron chi connectivity index (χ1n) is 7.05. The van der Waals surface area contributed by atoms with Crippen LogP contribution in [0, 0.1) is 0 Å². The number of phenolic OH excluding ortho intramolecular Hbond substituents is 1. The Kier molecular flexibility index (Phi) is 5.03. The van der Waals surface area contributed by atoms with Gasteiger partial charge in [-0.15, -0.1) is 0 Å². The molecule has 1 unspecified atom stereocenters. The summed E-state index contributed by atoms with van der Waals surface area (Å²) in [4.78, 5) is 16.7. The Morgan fingerprint density at radius 1 is 1.43 bits per heavy atom. The molecule has 0 aromatic heterocycles. The molecule has 6 nitrogen and oxygen atoms in total. The first-order chi connectivity index (χ1) is 10.0. The number of carbonyl (C=O) groups excluding carboxylic acids is 1. The van der Waals surface area contributed by atoms with Crippen molar-refractivity contribution in [3.63, 3.8) is 0 Å². The monoisotopic (exact) mass is 293 g/mol. The van der Waals surface area contributed by atoms with Crippen molar-refractivity contribution >= 4 is 5.91 Å². The van der Waals surface area contributed by atoms with Gasteiger partial charge in [-0.1, -0.05) is 0 Å². The average Bonchev–Trinajstić information content (AvgIpc) is 2.48. The van der Waals surface area contributed by atoms with E-state index >= 15 is 0 Å². The van der Waals surface area contributed by atoms with Gasteiger partial charge < -0.3 is 20.1 Å². The standard InChI is InChI=1S/C15H23N3O3/c1-17-6-7-18(2)11(10-17)9-16-15(20)13-8-12(21-3)4-5-14(13)19/h4-5,8,11,19H,6-7,9-10H2,1-3H3,(H,16,20). The molecule has 0 aliphatic carbocycles. The fraction of sp³-hybridized carbons (Fsp3) is 0.533. The van der Waals surface area contributed by atoms with Gasteiger partial charge in [0.25, 0.3) is 5.91 Å². The fourth-order valence-electron chi connectivity index (χ4n) is 2.45. The number of rotatable bonds is 4. The molecule has 1 fully saturated rings. The second-order valence-corrected chi connectivity index (χ2v) is 5.49. The highest BCUT2D eigenvalue weighted by Crippen LogP contribution is 2.22. The van der Waals surface area contributed by atoms with Crippen molar-refractivity contribution in [3.05, 3.63) is 23.8 Å². The molecule has 1 aliphatic heterocycles. The SMILES string of the molecule is COc1ccc(O)c(C(=O)NCC2CN(C)CCN2C)c1. The molecule has 1 aliphatic rings. The van der Waals surface area contributed by atoms with E-state index in [4.69, 9.17) is 4.74 Å². The lowest BCUT2D eigenvalue weighted by atomic mass is 10.1. The fourth-order valence-corrected chi connectivity index (χ4v) is 2.45. The number of phenols is 1. The highest BCUT2D eigenvalue weighted by Gasteiger charge is 2.23. The molecule has 1 saturated heterocycles. The Hall–Kier alpha value is -1.79. The third-order valence-corrected chi connectivity index (χ3v) is 3.93. The van der Waals surface area contributed by atoms with E-state index in [1.165, 1.54) is 13.2 Å². The van der Waals surface area contributed by atoms with Crippen LogP contribution in [0.15, 0.2) is 18.2 Å². The van der Waals surface area contributed by atoms with Crippen molar-refractivity contribution in [2.24, 2.45) is 0 Å². The van der Waals surface area contributed by atoms with E-state index in [1.54, 1.807) is 12.1 Å². The zero-order chi connectivity index (χ0) is 15.4. The molecular weight excluding hydrogens is 270 g/mol. The number of benzene rings is 1. The number of aromatic hydroxyl groups is 1. The predicted octanol–water partition coefficient (Wildman–Crippen LogP) is 0.376. The molecule has 1 aromatic carbocycles. The molecule has 116 valence electrons. The van der Waals surface area contributed by atoms with E-state index < -0.39 is 0 Å². The summed E-state index contributed by atoms with van der Waals surface area (Å²) in [5.74, 6) is 0.225. The minimum absolute atomic E-state index is 0.0394. The molecular formula is C15H23N3O3. The number of hydrogen-bond donors (Lipinski definition) is 2. The largest absolute Gasteiger partial charge is 0.507 e. The molecule has 2 rings (SSSR count). The lowest BCUT2D eigenvalue weighted by Gasteiger charge is -2.37. The Bertz CT molecular complexity index is 507. The van der Waals surface area contributed by atoms with E-state index in [0.717, 1.165) is 19.6 Å². The van der Waals surface area contributed by atoms with E-state index in [0.29, 0.717) is 12.3 Å². The number of amides is 1. The zero-order valence-corrected chi connectivity index (χ0v) is 12.8. The maximum atomic E-state index is 12.2. The van der Waals surface area contributed by atoms with Crippen molar-refractivity contribution < 1.29 is 14.6 Å². The molecule has 0 radical (unpaired) electrons. The first-order valence-corrected chi connectivity index (χ1v) is 7.05. The van der Waals surface area contributed by atoms with Gasteiger partial charge in [0, 0.05) is 32.2 Å². The number of nitrogens with one attached hydrogen (secondary N) is 1. The summed E-state index contributed by atoms with van der Waals surface area (Å²) in [6, 6.07) is 4.91. The van der Waals surface area contributed by atoms with Crippen LogP contribution in [-0.2, 0) is 0 Å². The van der Waals surface area contributed by atoms with Crippen LogP contribution in [0.1, 0.15) is 10.4 Å². The molecule has 1 atom stereocenters. The van der Waals surface area contributed by atoms with E-state index in [2.05, 4.69) is 29.2 Å². The van der Waals surface area contributed by atoms with Crippen LogP contribution in [0.2, 0.25) is 0 Å². The average molecular weight is 293 g/mol. The molecule has 0 spiro atoms. The van der Waals surface area contributed by atoms with Gasteiger partial charge in [0.1, 0.15) is 11.5 Å². The Balaban J connectivity index is 1.98. The number of carbonyl (C=O) groups is 1. The van der Waals surface area contributed by atoms with Crippen molar-refractivity contribution in [1.82, 2.24) is 15.1 Å². The van der Waals surface area contributed by atoms with E-state index in [-0.39, 0.29) is 23.3 Å². The summed E-state index contributed by atoms with van der Waals surface area (Å²) in [5.41, 5.74) is 0.237. The second kappa shape index (κ2) is 6.78. The van der Waals surface area contributed by atoms with Crippen LogP contribution in [0.4, 0.5) is 0 Å². The van der Waals surface area contributed by atoms with Crippen LogP contribution < -0.4 is 10.1 Å². The van der Waals surface area contributed by atoms with Crippen LogP contribution in [-0.4, -0.2) is 74.2 Å². The molecule has 6 heteroatoms.